The minimum atomic E-state index is 0. The molecule has 2 aromatic rings. The molecule has 0 spiro atoms. The Balaban J connectivity index is 0.00000144. The molecule has 1 aliphatic rings. The predicted molar refractivity (Wildman–Crippen MR) is 101 cm³/mol. The number of oxazole rings is 1. The molecule has 0 radical (unpaired) electrons. The lowest BCUT2D eigenvalue weighted by molar-refractivity contribution is -0.117. The van der Waals surface area contributed by atoms with E-state index in [0.29, 0.717) is 23.9 Å². The van der Waals surface area contributed by atoms with E-state index in [9.17, 15) is 4.79 Å². The zero-order valence-electron chi connectivity index (χ0n) is 13.8. The highest BCUT2D eigenvalue weighted by Crippen LogP contribution is 2.28. The molecule has 1 aromatic heterocycles. The first kappa shape index (κ1) is 20.5. The number of nitrogens with one attached hydrogen (secondary N) is 1. The lowest BCUT2D eigenvalue weighted by atomic mass is 10.00. The van der Waals surface area contributed by atoms with Crippen LogP contribution in [0.1, 0.15) is 25.7 Å². The zero-order chi connectivity index (χ0) is 15.7. The summed E-state index contributed by atoms with van der Waals surface area (Å²) in [7, 11) is 3.75. The van der Waals surface area contributed by atoms with Crippen LogP contribution in [0.4, 0.5) is 11.7 Å². The molecule has 1 saturated carbocycles. The van der Waals surface area contributed by atoms with Gasteiger partial charge in [0.2, 0.25) is 5.91 Å². The van der Waals surface area contributed by atoms with Crippen LogP contribution in [0.25, 0.3) is 11.1 Å². The third kappa shape index (κ3) is 4.53. The minimum absolute atomic E-state index is 0. The molecule has 1 fully saturated rings. The number of carbonyl (C=O) groups is 1. The molecule has 1 amide bonds. The van der Waals surface area contributed by atoms with E-state index in [2.05, 4.69) is 10.3 Å². The Kier molecular flexibility index (Phi) is 7.32. The number of nitrogens with two attached hydrogens (primary N) is 1. The van der Waals surface area contributed by atoms with Crippen molar-refractivity contribution in [3.8, 4) is 0 Å². The van der Waals surface area contributed by atoms with Crippen LogP contribution >= 0.6 is 24.8 Å². The number of fused-ring (bicyclic) bond motifs is 1. The van der Waals surface area contributed by atoms with Crippen LogP contribution in [0.2, 0.25) is 0 Å². The second kappa shape index (κ2) is 8.55. The van der Waals surface area contributed by atoms with Crippen molar-refractivity contribution >= 4 is 53.5 Å². The fraction of sp³-hybridized carbons (Fsp3) is 0.500. The maximum atomic E-state index is 12.1. The van der Waals surface area contributed by atoms with Gasteiger partial charge in [-0.05, 0) is 37.0 Å². The maximum Gasteiger partial charge on any atom is 0.297 e. The van der Waals surface area contributed by atoms with Gasteiger partial charge in [-0.1, -0.05) is 6.42 Å². The van der Waals surface area contributed by atoms with E-state index in [0.717, 1.165) is 30.5 Å². The molecule has 3 rings (SSSR count). The number of hydrogen-bond acceptors (Lipinski definition) is 5. The Morgan fingerprint density at radius 1 is 1.38 bits per heavy atom. The molecule has 24 heavy (non-hydrogen) atoms. The van der Waals surface area contributed by atoms with Gasteiger partial charge >= 0.3 is 0 Å². The van der Waals surface area contributed by atoms with Gasteiger partial charge in [-0.3, -0.25) is 4.79 Å². The second-order valence-electron chi connectivity index (χ2n) is 6.18. The lowest BCUT2D eigenvalue weighted by Crippen LogP contribution is -2.28. The number of anilines is 2. The number of carbonyl (C=O) groups excluding carboxylic acids is 1. The van der Waals surface area contributed by atoms with E-state index in [1.165, 1.54) is 0 Å². The highest BCUT2D eigenvalue weighted by atomic mass is 35.5. The topological polar surface area (TPSA) is 84.4 Å². The quantitative estimate of drug-likeness (QED) is 0.857. The van der Waals surface area contributed by atoms with Gasteiger partial charge in [0.25, 0.3) is 6.01 Å². The van der Waals surface area contributed by atoms with Crippen LogP contribution in [0.5, 0.6) is 0 Å². The van der Waals surface area contributed by atoms with Crippen molar-refractivity contribution in [1.82, 2.24) is 4.98 Å². The molecule has 0 saturated heterocycles. The molecular formula is C16H24Cl2N4O2. The summed E-state index contributed by atoms with van der Waals surface area (Å²) in [5.41, 5.74) is 8.20. The van der Waals surface area contributed by atoms with E-state index in [-0.39, 0.29) is 36.8 Å². The first-order chi connectivity index (χ1) is 10.5. The van der Waals surface area contributed by atoms with Gasteiger partial charge in [-0.25, -0.2) is 0 Å². The summed E-state index contributed by atoms with van der Waals surface area (Å²) in [4.78, 5) is 18.3. The molecule has 3 N–H and O–H groups in total. The van der Waals surface area contributed by atoms with Crippen LogP contribution in [0, 0.1) is 5.92 Å². The van der Waals surface area contributed by atoms with Gasteiger partial charge in [0.15, 0.2) is 5.58 Å². The van der Waals surface area contributed by atoms with Gasteiger partial charge in [-0.15, -0.1) is 24.8 Å². The van der Waals surface area contributed by atoms with Crippen molar-refractivity contribution in [1.29, 1.82) is 0 Å². The van der Waals surface area contributed by atoms with Crippen molar-refractivity contribution in [2.75, 3.05) is 24.3 Å². The fourth-order valence-electron chi connectivity index (χ4n) is 2.95. The number of aromatic nitrogens is 1. The predicted octanol–water partition coefficient (Wildman–Crippen LogP) is 3.19. The summed E-state index contributed by atoms with van der Waals surface area (Å²) in [6.07, 6.45) is 3.68. The standard InChI is InChI=1S/C16H22N4O2.2ClH/c1-20(2)16-19-13-9-11(6-7-14(13)22-16)18-15(21)8-10-4-3-5-12(10)17;;/h6-7,9-10,12H,3-5,8,17H2,1-2H3,(H,18,21);2*1H/t10-,12+;;/m0../s1. The van der Waals surface area contributed by atoms with E-state index in [1.54, 1.807) is 4.90 Å². The fourth-order valence-corrected chi connectivity index (χ4v) is 2.95. The number of hydrogen-bond donors (Lipinski definition) is 2. The second-order valence-corrected chi connectivity index (χ2v) is 6.18. The summed E-state index contributed by atoms with van der Waals surface area (Å²) in [6, 6.07) is 6.20. The van der Waals surface area contributed by atoms with Gasteiger partial charge < -0.3 is 20.4 Å². The Bertz CT molecular complexity index is 690. The van der Waals surface area contributed by atoms with Gasteiger partial charge in [-0.2, -0.15) is 4.98 Å². The summed E-state index contributed by atoms with van der Waals surface area (Å²) in [5, 5.41) is 2.93. The molecule has 2 atom stereocenters. The Morgan fingerprint density at radius 2 is 2.12 bits per heavy atom. The number of halogens is 2. The number of nitrogens with zero attached hydrogens (tertiary/aromatic N) is 2. The molecule has 134 valence electrons. The third-order valence-corrected chi connectivity index (χ3v) is 4.21. The van der Waals surface area contributed by atoms with Crippen molar-refractivity contribution in [2.45, 2.75) is 31.7 Å². The Hall–Kier alpha value is -1.50. The number of benzene rings is 1. The monoisotopic (exact) mass is 374 g/mol. The molecule has 0 aliphatic heterocycles. The Labute approximate surface area is 154 Å². The largest absolute Gasteiger partial charge is 0.423 e. The Morgan fingerprint density at radius 3 is 2.75 bits per heavy atom. The van der Waals surface area contributed by atoms with E-state index in [4.69, 9.17) is 10.2 Å². The van der Waals surface area contributed by atoms with Crippen LogP contribution in [-0.4, -0.2) is 31.0 Å². The van der Waals surface area contributed by atoms with Crippen molar-refractivity contribution < 1.29 is 9.21 Å². The first-order valence-electron chi connectivity index (χ1n) is 7.66. The van der Waals surface area contributed by atoms with E-state index >= 15 is 0 Å². The summed E-state index contributed by atoms with van der Waals surface area (Å²) in [6.45, 7) is 0. The molecule has 1 aromatic carbocycles. The number of rotatable bonds is 4. The zero-order valence-corrected chi connectivity index (χ0v) is 15.5. The SMILES string of the molecule is CN(C)c1nc2cc(NC(=O)C[C@@H]3CCC[C@H]3N)ccc2o1.Cl.Cl. The normalized spacial score (nSPS) is 19.5. The van der Waals surface area contributed by atoms with E-state index < -0.39 is 0 Å². The summed E-state index contributed by atoms with van der Waals surface area (Å²) in [5.74, 6) is 0.314. The van der Waals surface area contributed by atoms with Crippen molar-refractivity contribution in [3.05, 3.63) is 18.2 Å². The highest BCUT2D eigenvalue weighted by molar-refractivity contribution is 5.93. The van der Waals surface area contributed by atoms with Gasteiger partial charge in [0.05, 0.1) is 0 Å². The van der Waals surface area contributed by atoms with Crippen LogP contribution in [0.15, 0.2) is 22.6 Å². The van der Waals surface area contributed by atoms with Gasteiger partial charge in [0.1, 0.15) is 5.52 Å². The molecule has 0 bridgehead atoms. The average Bonchev–Trinajstić information content (AvgIpc) is 3.05. The van der Waals surface area contributed by atoms with Crippen LogP contribution in [-0.2, 0) is 4.79 Å². The average molecular weight is 375 g/mol. The third-order valence-electron chi connectivity index (χ3n) is 4.21. The number of amides is 1. The minimum Gasteiger partial charge on any atom is -0.423 e. The maximum absolute atomic E-state index is 12.1. The van der Waals surface area contributed by atoms with E-state index in [1.807, 2.05) is 32.3 Å². The van der Waals surface area contributed by atoms with Crippen molar-refractivity contribution in [3.63, 3.8) is 0 Å². The van der Waals surface area contributed by atoms with Crippen LogP contribution < -0.4 is 16.0 Å². The summed E-state index contributed by atoms with van der Waals surface area (Å²) >= 11 is 0. The molecular weight excluding hydrogens is 351 g/mol. The lowest BCUT2D eigenvalue weighted by Gasteiger charge is -2.14. The van der Waals surface area contributed by atoms with Gasteiger partial charge in [0, 0.05) is 32.2 Å². The first-order valence-corrected chi connectivity index (χ1v) is 7.66. The smallest absolute Gasteiger partial charge is 0.297 e. The van der Waals surface area contributed by atoms with Crippen molar-refractivity contribution in [2.24, 2.45) is 11.7 Å². The van der Waals surface area contributed by atoms with Crippen LogP contribution in [0.3, 0.4) is 0 Å². The molecule has 6 nitrogen and oxygen atoms in total. The molecule has 1 aliphatic carbocycles. The molecule has 1 heterocycles. The summed E-state index contributed by atoms with van der Waals surface area (Å²) < 4.78 is 5.60. The molecule has 0 unspecified atom stereocenters. The highest BCUT2D eigenvalue weighted by Gasteiger charge is 2.26. The molecule has 8 heteroatoms.